The fourth-order valence-electron chi connectivity index (χ4n) is 2.04. The average molecular weight is 331 g/mol. The molecule has 0 unspecified atom stereocenters. The van der Waals surface area contributed by atoms with E-state index in [9.17, 15) is 0 Å². The molecular weight excluding hydrogens is 304 g/mol. The van der Waals surface area contributed by atoms with Gasteiger partial charge in [-0.25, -0.2) is 0 Å². The lowest BCUT2D eigenvalue weighted by Crippen LogP contribution is -2.24. The van der Waals surface area contributed by atoms with E-state index < -0.39 is 0 Å². The van der Waals surface area contributed by atoms with Crippen molar-refractivity contribution in [1.82, 2.24) is 10.6 Å². The molecule has 126 valence electrons. The van der Waals surface area contributed by atoms with E-state index in [2.05, 4.69) is 17.6 Å². The molecule has 0 heterocycles. The highest BCUT2D eigenvalue weighted by Crippen LogP contribution is 2.34. The number of hydrogen-bond donors (Lipinski definition) is 3. The van der Waals surface area contributed by atoms with Crippen LogP contribution in [0.15, 0.2) is 12.1 Å². The quantitative estimate of drug-likeness (QED) is 0.513. The van der Waals surface area contributed by atoms with Gasteiger partial charge in [0.2, 0.25) is 0 Å². The second-order valence-corrected chi connectivity index (χ2v) is 5.39. The summed E-state index contributed by atoms with van der Waals surface area (Å²) in [5.41, 5.74) is 1.00. The monoisotopic (exact) mass is 330 g/mol. The van der Waals surface area contributed by atoms with Gasteiger partial charge in [0.1, 0.15) is 0 Å². The maximum atomic E-state index is 8.68. The number of nitrogens with one attached hydrogen (secondary N) is 2. The van der Waals surface area contributed by atoms with Gasteiger partial charge in [-0.3, -0.25) is 0 Å². The standard InChI is InChI=1S/C16H27ClN2O3/c1-3-9-22-16-13(10-14(17)11-15(16)21-2)12-19-6-4-5-18-7-8-20/h10-11,18-20H,3-9,12H2,1-2H3. The number of methoxy groups -OCH3 is 1. The molecule has 0 aromatic heterocycles. The summed E-state index contributed by atoms with van der Waals surface area (Å²) in [6, 6.07) is 3.68. The highest BCUT2D eigenvalue weighted by Gasteiger charge is 2.12. The summed E-state index contributed by atoms with van der Waals surface area (Å²) in [4.78, 5) is 0. The van der Waals surface area contributed by atoms with Crippen molar-refractivity contribution in [2.45, 2.75) is 26.3 Å². The van der Waals surface area contributed by atoms with Crippen molar-refractivity contribution in [2.75, 3.05) is 40.0 Å². The van der Waals surface area contributed by atoms with E-state index in [1.54, 1.807) is 13.2 Å². The second-order valence-electron chi connectivity index (χ2n) is 4.95. The van der Waals surface area contributed by atoms with Crippen molar-refractivity contribution >= 4 is 11.6 Å². The molecule has 0 saturated carbocycles. The molecule has 1 aromatic rings. The fraction of sp³-hybridized carbons (Fsp3) is 0.625. The summed E-state index contributed by atoms with van der Waals surface area (Å²) in [6.45, 7) is 5.96. The van der Waals surface area contributed by atoms with Gasteiger partial charge in [-0.2, -0.15) is 0 Å². The first-order valence-corrected chi connectivity index (χ1v) is 8.12. The molecule has 3 N–H and O–H groups in total. The zero-order valence-corrected chi connectivity index (χ0v) is 14.2. The lowest BCUT2D eigenvalue weighted by molar-refractivity contribution is 0.290. The van der Waals surface area contributed by atoms with Crippen LogP contribution in [0.5, 0.6) is 11.5 Å². The number of benzene rings is 1. The van der Waals surface area contributed by atoms with Gasteiger partial charge in [-0.1, -0.05) is 18.5 Å². The predicted octanol–water partition coefficient (Wildman–Crippen LogP) is 2.20. The summed E-state index contributed by atoms with van der Waals surface area (Å²) in [5.74, 6) is 1.43. The topological polar surface area (TPSA) is 62.8 Å². The van der Waals surface area contributed by atoms with Crippen LogP contribution in [0.2, 0.25) is 5.02 Å². The molecule has 1 aromatic carbocycles. The molecule has 0 fully saturated rings. The van der Waals surface area contributed by atoms with Crippen LogP contribution >= 0.6 is 11.6 Å². The van der Waals surface area contributed by atoms with Crippen molar-refractivity contribution in [2.24, 2.45) is 0 Å². The zero-order chi connectivity index (χ0) is 16.2. The fourth-order valence-corrected chi connectivity index (χ4v) is 2.27. The minimum Gasteiger partial charge on any atom is -0.493 e. The third kappa shape index (κ3) is 6.83. The third-order valence-corrected chi connectivity index (χ3v) is 3.30. The number of aliphatic hydroxyl groups excluding tert-OH is 1. The SMILES string of the molecule is CCCOc1c(CNCCCNCCO)cc(Cl)cc1OC. The maximum absolute atomic E-state index is 8.68. The molecule has 5 nitrogen and oxygen atoms in total. The summed E-state index contributed by atoms with van der Waals surface area (Å²) in [6.07, 6.45) is 1.93. The molecule has 0 bridgehead atoms. The molecule has 0 aliphatic rings. The molecule has 6 heteroatoms. The lowest BCUT2D eigenvalue weighted by atomic mass is 10.1. The Kier molecular flexibility index (Phi) is 9.99. The molecule has 0 aliphatic heterocycles. The van der Waals surface area contributed by atoms with E-state index in [0.717, 1.165) is 37.2 Å². The van der Waals surface area contributed by atoms with Gasteiger partial charge in [0, 0.05) is 29.7 Å². The highest BCUT2D eigenvalue weighted by molar-refractivity contribution is 6.30. The molecule has 0 amide bonds. The molecule has 0 radical (unpaired) electrons. The largest absolute Gasteiger partial charge is 0.493 e. The van der Waals surface area contributed by atoms with Gasteiger partial charge < -0.3 is 25.2 Å². The predicted molar refractivity (Wildman–Crippen MR) is 90.1 cm³/mol. The zero-order valence-electron chi connectivity index (χ0n) is 13.5. The number of hydrogen-bond acceptors (Lipinski definition) is 5. The van der Waals surface area contributed by atoms with Gasteiger partial charge in [-0.05, 0) is 32.0 Å². The third-order valence-electron chi connectivity index (χ3n) is 3.08. The van der Waals surface area contributed by atoms with E-state index in [0.29, 0.717) is 30.5 Å². The summed E-state index contributed by atoms with van der Waals surface area (Å²) in [7, 11) is 1.62. The van der Waals surface area contributed by atoms with Gasteiger partial charge >= 0.3 is 0 Å². The summed E-state index contributed by atoms with van der Waals surface area (Å²) < 4.78 is 11.2. The first-order valence-electron chi connectivity index (χ1n) is 7.74. The van der Waals surface area contributed by atoms with Gasteiger partial charge in [-0.15, -0.1) is 0 Å². The van der Waals surface area contributed by atoms with E-state index in [4.69, 9.17) is 26.2 Å². The number of aliphatic hydroxyl groups is 1. The van der Waals surface area contributed by atoms with E-state index >= 15 is 0 Å². The number of rotatable bonds is 12. The van der Waals surface area contributed by atoms with E-state index in [1.165, 1.54) is 0 Å². The van der Waals surface area contributed by atoms with Gasteiger partial charge in [0.25, 0.3) is 0 Å². The van der Waals surface area contributed by atoms with Gasteiger partial charge in [0.05, 0.1) is 20.3 Å². The van der Waals surface area contributed by atoms with Crippen LogP contribution < -0.4 is 20.1 Å². The second kappa shape index (κ2) is 11.5. The molecular formula is C16H27ClN2O3. The van der Waals surface area contributed by atoms with Crippen LogP contribution in [0.25, 0.3) is 0 Å². The van der Waals surface area contributed by atoms with Crippen LogP contribution in [0.1, 0.15) is 25.3 Å². The van der Waals surface area contributed by atoms with E-state index in [1.807, 2.05) is 6.07 Å². The van der Waals surface area contributed by atoms with Crippen molar-refractivity contribution in [3.05, 3.63) is 22.7 Å². The average Bonchev–Trinajstić information content (AvgIpc) is 2.52. The normalized spacial score (nSPS) is 10.7. The minimum absolute atomic E-state index is 0.174. The van der Waals surface area contributed by atoms with E-state index in [-0.39, 0.29) is 6.61 Å². The van der Waals surface area contributed by atoms with Gasteiger partial charge in [0.15, 0.2) is 11.5 Å². The molecule has 22 heavy (non-hydrogen) atoms. The Hall–Kier alpha value is -1.01. The Morgan fingerprint density at radius 2 is 1.95 bits per heavy atom. The smallest absolute Gasteiger partial charge is 0.165 e. The Bertz CT molecular complexity index is 430. The lowest BCUT2D eigenvalue weighted by Gasteiger charge is -2.16. The van der Waals surface area contributed by atoms with Crippen LogP contribution in [0, 0.1) is 0 Å². The number of halogens is 1. The Morgan fingerprint density at radius 1 is 1.18 bits per heavy atom. The highest BCUT2D eigenvalue weighted by atomic mass is 35.5. The first-order chi connectivity index (χ1) is 10.7. The summed E-state index contributed by atoms with van der Waals surface area (Å²) in [5, 5.41) is 15.8. The molecule has 0 saturated heterocycles. The van der Waals surface area contributed by atoms with Crippen LogP contribution in [0.3, 0.4) is 0 Å². The minimum atomic E-state index is 0.174. The first kappa shape index (κ1) is 19.0. The van der Waals surface area contributed by atoms with Crippen LogP contribution in [0.4, 0.5) is 0 Å². The molecule has 0 spiro atoms. The maximum Gasteiger partial charge on any atom is 0.165 e. The molecule has 1 rings (SSSR count). The molecule has 0 atom stereocenters. The molecule has 0 aliphatic carbocycles. The Labute approximate surface area is 138 Å². The van der Waals surface area contributed by atoms with Crippen molar-refractivity contribution in [3.8, 4) is 11.5 Å². The van der Waals surface area contributed by atoms with Crippen LogP contribution in [-0.4, -0.2) is 45.1 Å². The van der Waals surface area contributed by atoms with Crippen molar-refractivity contribution in [3.63, 3.8) is 0 Å². The Balaban J connectivity index is 2.54. The van der Waals surface area contributed by atoms with Crippen molar-refractivity contribution < 1.29 is 14.6 Å². The van der Waals surface area contributed by atoms with Crippen molar-refractivity contribution in [1.29, 1.82) is 0 Å². The van der Waals surface area contributed by atoms with Crippen LogP contribution in [-0.2, 0) is 6.54 Å². The summed E-state index contributed by atoms with van der Waals surface area (Å²) >= 11 is 6.14. The Morgan fingerprint density at radius 3 is 2.64 bits per heavy atom. The number of ether oxygens (including phenoxy) is 2.